The van der Waals surface area contributed by atoms with E-state index in [-0.39, 0.29) is 17.1 Å². The summed E-state index contributed by atoms with van der Waals surface area (Å²) in [7, 11) is 3.53. The minimum Gasteiger partial charge on any atom is -0.394 e. The third-order valence-electron chi connectivity index (χ3n) is 3.62. The lowest BCUT2D eigenvalue weighted by atomic mass is 10.1. The normalized spacial score (nSPS) is 27.4. The molecule has 1 unspecified atom stereocenters. The summed E-state index contributed by atoms with van der Waals surface area (Å²) in [4.78, 5) is 28.5. The smallest absolute Gasteiger partial charge is 0.280 e. The van der Waals surface area contributed by atoms with E-state index in [1.165, 1.54) is 17.2 Å². The van der Waals surface area contributed by atoms with Crippen molar-refractivity contribution in [3.8, 4) is 0 Å². The number of aromatic amines is 1. The quantitative estimate of drug-likeness (QED) is 0.368. The number of fused-ring (bicyclic) bond motifs is 1. The zero-order valence-electron chi connectivity index (χ0n) is 13.1. The molecule has 1 aliphatic rings. The lowest BCUT2D eigenvalue weighted by Crippen LogP contribution is -2.33. The second-order valence-electron chi connectivity index (χ2n) is 5.65. The summed E-state index contributed by atoms with van der Waals surface area (Å²) in [6.07, 6.45) is -1.76. The molecule has 2 aromatic rings. The Labute approximate surface area is 135 Å². The van der Waals surface area contributed by atoms with E-state index in [2.05, 4.69) is 19.9 Å². The van der Waals surface area contributed by atoms with Gasteiger partial charge in [-0.2, -0.15) is 4.98 Å². The number of rotatable bonds is 4. The Balaban J connectivity index is 2.05. The highest BCUT2D eigenvalue weighted by molar-refractivity contribution is 5.71. The Morgan fingerprint density at radius 1 is 1.46 bits per heavy atom. The van der Waals surface area contributed by atoms with Gasteiger partial charge in [0.25, 0.3) is 5.56 Å². The topological polar surface area (TPSA) is 149 Å². The molecule has 130 valence electrons. The molecule has 24 heavy (non-hydrogen) atoms. The van der Waals surface area contributed by atoms with Gasteiger partial charge in [0.2, 0.25) is 5.95 Å². The van der Waals surface area contributed by atoms with Gasteiger partial charge in [-0.15, -0.1) is 0 Å². The first-order chi connectivity index (χ1) is 11.4. The van der Waals surface area contributed by atoms with Crippen molar-refractivity contribution in [1.82, 2.24) is 24.4 Å². The van der Waals surface area contributed by atoms with Crippen LogP contribution in [0.1, 0.15) is 6.23 Å². The molecule has 0 amide bonds. The average Bonchev–Trinajstić information content (AvgIpc) is 3.08. The number of hydrogen-bond acceptors (Lipinski definition) is 8. The lowest BCUT2D eigenvalue weighted by molar-refractivity contribution is -0.0511. The fourth-order valence-corrected chi connectivity index (χ4v) is 2.44. The first kappa shape index (κ1) is 16.5. The number of nitrogens with one attached hydrogen (secondary N) is 1. The molecule has 1 saturated heterocycles. The van der Waals surface area contributed by atoms with E-state index in [1.807, 2.05) is 0 Å². The van der Waals surface area contributed by atoms with Gasteiger partial charge in [-0.1, -0.05) is 0 Å². The highest BCUT2D eigenvalue weighted by atomic mass is 16.6. The van der Waals surface area contributed by atoms with Crippen LogP contribution < -0.4 is 5.56 Å². The molecule has 1 fully saturated rings. The Morgan fingerprint density at radius 3 is 2.83 bits per heavy atom. The van der Waals surface area contributed by atoms with Crippen molar-refractivity contribution in [2.75, 3.05) is 20.7 Å². The van der Waals surface area contributed by atoms with Crippen LogP contribution in [0, 0.1) is 0 Å². The largest absolute Gasteiger partial charge is 0.394 e. The third kappa shape index (κ3) is 2.78. The molecular weight excluding hydrogens is 320 g/mol. The SMILES string of the molecule is CN(C)/C=N/c1nc2c(ncn2[C@@H]2O[C@H](CO)C(O)[C@@H]2O)c(=O)[nH]1. The van der Waals surface area contributed by atoms with Gasteiger partial charge < -0.3 is 25.0 Å². The second-order valence-corrected chi connectivity index (χ2v) is 5.65. The molecule has 3 rings (SSSR count). The molecule has 0 radical (unpaired) electrons. The molecule has 0 saturated carbocycles. The summed E-state index contributed by atoms with van der Waals surface area (Å²) >= 11 is 0. The van der Waals surface area contributed by atoms with E-state index in [0.717, 1.165) is 0 Å². The highest BCUT2D eigenvalue weighted by Crippen LogP contribution is 2.30. The van der Waals surface area contributed by atoms with E-state index in [4.69, 9.17) is 4.74 Å². The standard InChI is InChI=1S/C13H18N6O5/c1-18(2)4-15-13-16-10-7(11(23)17-13)14-5-19(10)12-9(22)8(21)6(3-20)24-12/h4-6,8-9,12,20-22H,3H2,1-2H3,(H,16,17,23)/b15-4+/t6-,8?,9+,12-/m1/s1. The Bertz CT molecular complexity index is 815. The maximum absolute atomic E-state index is 12.1. The Morgan fingerprint density at radius 2 is 2.21 bits per heavy atom. The predicted octanol–water partition coefficient (Wildman–Crippen LogP) is -2.05. The molecule has 4 atom stereocenters. The van der Waals surface area contributed by atoms with Crippen LogP contribution in [-0.2, 0) is 4.74 Å². The van der Waals surface area contributed by atoms with E-state index in [0.29, 0.717) is 0 Å². The summed E-state index contributed by atoms with van der Waals surface area (Å²) in [5.74, 6) is 0.0645. The molecule has 0 aromatic carbocycles. The van der Waals surface area contributed by atoms with Gasteiger partial charge >= 0.3 is 0 Å². The molecule has 2 aromatic heterocycles. The Kier molecular flexibility index (Phi) is 4.32. The van der Waals surface area contributed by atoms with Crippen molar-refractivity contribution >= 4 is 23.5 Å². The van der Waals surface area contributed by atoms with Gasteiger partial charge in [0, 0.05) is 14.1 Å². The second kappa shape index (κ2) is 6.28. The summed E-state index contributed by atoms with van der Waals surface area (Å²) in [6.45, 7) is -0.451. The van der Waals surface area contributed by atoms with E-state index < -0.39 is 36.7 Å². The number of aliphatic hydroxyl groups is 3. The van der Waals surface area contributed by atoms with Gasteiger partial charge in [-0.05, 0) is 0 Å². The zero-order valence-corrected chi connectivity index (χ0v) is 13.1. The van der Waals surface area contributed by atoms with Crippen molar-refractivity contribution in [2.24, 2.45) is 4.99 Å². The minimum absolute atomic E-state index is 0.0524. The van der Waals surface area contributed by atoms with Gasteiger partial charge in [0.15, 0.2) is 17.4 Å². The molecule has 0 bridgehead atoms. The van der Waals surface area contributed by atoms with Crippen LogP contribution in [0.2, 0.25) is 0 Å². The van der Waals surface area contributed by atoms with Gasteiger partial charge in [0.1, 0.15) is 18.3 Å². The molecule has 1 aliphatic heterocycles. The molecular formula is C13H18N6O5. The van der Waals surface area contributed by atoms with Crippen LogP contribution in [0.3, 0.4) is 0 Å². The lowest BCUT2D eigenvalue weighted by Gasteiger charge is -2.16. The van der Waals surface area contributed by atoms with Crippen LogP contribution >= 0.6 is 0 Å². The fourth-order valence-electron chi connectivity index (χ4n) is 2.44. The third-order valence-corrected chi connectivity index (χ3v) is 3.62. The molecule has 11 heteroatoms. The number of ether oxygens (including phenoxy) is 1. The summed E-state index contributed by atoms with van der Waals surface area (Å²) in [5, 5.41) is 29.2. The maximum atomic E-state index is 12.1. The van der Waals surface area contributed by atoms with Crippen LogP contribution in [0.5, 0.6) is 0 Å². The van der Waals surface area contributed by atoms with E-state index in [1.54, 1.807) is 19.0 Å². The van der Waals surface area contributed by atoms with Gasteiger partial charge in [-0.25, -0.2) is 9.98 Å². The average molecular weight is 338 g/mol. The molecule has 0 aliphatic carbocycles. The molecule has 0 spiro atoms. The molecule has 3 heterocycles. The van der Waals surface area contributed by atoms with Gasteiger partial charge in [-0.3, -0.25) is 14.3 Å². The number of aliphatic imine (C=N–C) groups is 1. The first-order valence-corrected chi connectivity index (χ1v) is 7.22. The van der Waals surface area contributed by atoms with Crippen molar-refractivity contribution in [2.45, 2.75) is 24.5 Å². The maximum Gasteiger partial charge on any atom is 0.280 e. The number of imidazole rings is 1. The van der Waals surface area contributed by atoms with E-state index in [9.17, 15) is 20.1 Å². The van der Waals surface area contributed by atoms with Crippen molar-refractivity contribution < 1.29 is 20.1 Å². The van der Waals surface area contributed by atoms with Crippen molar-refractivity contribution in [3.05, 3.63) is 16.7 Å². The van der Waals surface area contributed by atoms with Crippen LogP contribution in [0.4, 0.5) is 5.95 Å². The van der Waals surface area contributed by atoms with Crippen LogP contribution in [-0.4, -0.2) is 85.1 Å². The van der Waals surface area contributed by atoms with Gasteiger partial charge in [0.05, 0.1) is 19.3 Å². The summed E-state index contributed by atoms with van der Waals surface area (Å²) < 4.78 is 6.78. The summed E-state index contributed by atoms with van der Waals surface area (Å²) in [6, 6.07) is 0. The minimum atomic E-state index is -1.30. The van der Waals surface area contributed by atoms with Crippen molar-refractivity contribution in [1.29, 1.82) is 0 Å². The van der Waals surface area contributed by atoms with Crippen LogP contribution in [0.25, 0.3) is 11.2 Å². The number of aromatic nitrogens is 4. The van der Waals surface area contributed by atoms with E-state index >= 15 is 0 Å². The monoisotopic (exact) mass is 338 g/mol. The number of hydrogen-bond donors (Lipinski definition) is 4. The number of aliphatic hydroxyl groups excluding tert-OH is 3. The van der Waals surface area contributed by atoms with Crippen molar-refractivity contribution in [3.63, 3.8) is 0 Å². The Hall–Kier alpha value is -2.34. The number of H-pyrrole nitrogens is 1. The highest BCUT2D eigenvalue weighted by Gasteiger charge is 2.44. The summed E-state index contributed by atoms with van der Waals surface area (Å²) in [5.41, 5.74) is -0.285. The van der Waals surface area contributed by atoms with Crippen LogP contribution in [0.15, 0.2) is 16.1 Å². The first-order valence-electron chi connectivity index (χ1n) is 7.22. The predicted molar refractivity (Wildman–Crippen MR) is 83.0 cm³/mol. The zero-order chi connectivity index (χ0) is 17.4. The molecule has 11 nitrogen and oxygen atoms in total. The fraction of sp³-hybridized carbons (Fsp3) is 0.538. The number of nitrogens with zero attached hydrogens (tertiary/aromatic N) is 5. The molecule has 4 N–H and O–H groups in total.